The second-order valence-corrected chi connectivity index (χ2v) is 7.46. The smallest absolute Gasteiger partial charge is 0.308 e. The van der Waals surface area contributed by atoms with E-state index in [1.165, 1.54) is 6.92 Å². The number of unbranched alkanes of at least 4 members (excludes halogenated alkanes) is 1. The number of esters is 1. The lowest BCUT2D eigenvalue weighted by Gasteiger charge is -2.37. The Morgan fingerprint density at radius 2 is 1.90 bits per heavy atom. The summed E-state index contributed by atoms with van der Waals surface area (Å²) in [5.41, 5.74) is 2.44. The average molecular weight is 408 g/mol. The van der Waals surface area contributed by atoms with Crippen molar-refractivity contribution in [1.82, 2.24) is 5.32 Å². The number of rotatable bonds is 8. The molecule has 1 heterocycles. The Morgan fingerprint density at radius 3 is 2.52 bits per heavy atom. The minimum absolute atomic E-state index is 0.00638. The molecule has 9 nitrogen and oxygen atoms in total. The molecule has 1 atom stereocenters. The summed E-state index contributed by atoms with van der Waals surface area (Å²) >= 11 is 0. The monoisotopic (exact) mass is 408 g/mol. The molecule has 1 aromatic rings. The highest BCUT2D eigenvalue weighted by Gasteiger charge is 2.40. The molecule has 1 aliphatic rings. The summed E-state index contributed by atoms with van der Waals surface area (Å²) in [6, 6.07) is 0. The third kappa shape index (κ3) is 5.16. The third-order valence-corrected chi connectivity index (χ3v) is 5.27. The van der Waals surface area contributed by atoms with Gasteiger partial charge in [-0.3, -0.25) is 9.59 Å². The molecule has 1 amide bonds. The molecule has 0 fully saturated rings. The standard InChI is InChI=1S/C20H28N2O7/c1-12-13(2)18-16(14(3)17(12)28-15(4)23)8-9-20(5,29-18)19(24)21-10-6-7-11-27-22(25)26/h6-11H2,1-5H3,(H,21,24). The molecular formula is C20H28N2O7. The van der Waals surface area contributed by atoms with Gasteiger partial charge in [0, 0.05) is 25.5 Å². The van der Waals surface area contributed by atoms with Crippen LogP contribution in [0.15, 0.2) is 0 Å². The van der Waals surface area contributed by atoms with Gasteiger partial charge in [-0.2, -0.15) is 0 Å². The van der Waals surface area contributed by atoms with Gasteiger partial charge in [-0.05, 0) is 63.6 Å². The average Bonchev–Trinajstić information content (AvgIpc) is 2.65. The minimum Gasteiger partial charge on any atom is -0.477 e. The molecule has 1 unspecified atom stereocenters. The van der Waals surface area contributed by atoms with Gasteiger partial charge in [-0.25, -0.2) is 0 Å². The molecule has 1 aliphatic heterocycles. The number of carbonyl (C=O) groups is 2. The Balaban J connectivity index is 2.08. The van der Waals surface area contributed by atoms with Gasteiger partial charge in [0.25, 0.3) is 11.0 Å². The molecule has 29 heavy (non-hydrogen) atoms. The number of amides is 1. The molecule has 2 rings (SSSR count). The highest BCUT2D eigenvalue weighted by molar-refractivity contribution is 5.86. The van der Waals surface area contributed by atoms with Crippen LogP contribution in [0.5, 0.6) is 11.5 Å². The van der Waals surface area contributed by atoms with Crippen LogP contribution in [0.4, 0.5) is 0 Å². The summed E-state index contributed by atoms with van der Waals surface area (Å²) in [4.78, 5) is 38.5. The van der Waals surface area contributed by atoms with Gasteiger partial charge in [0.05, 0.1) is 6.61 Å². The van der Waals surface area contributed by atoms with Gasteiger partial charge >= 0.3 is 5.97 Å². The lowest BCUT2D eigenvalue weighted by molar-refractivity contribution is -0.757. The predicted octanol–water partition coefficient (Wildman–Crippen LogP) is 2.73. The Labute approximate surface area is 169 Å². The number of hydrogen-bond donors (Lipinski definition) is 1. The van der Waals surface area contributed by atoms with Crippen LogP contribution in [0, 0.1) is 30.9 Å². The largest absolute Gasteiger partial charge is 0.477 e. The zero-order valence-corrected chi connectivity index (χ0v) is 17.5. The van der Waals surface area contributed by atoms with Gasteiger partial charge in [-0.15, -0.1) is 10.1 Å². The van der Waals surface area contributed by atoms with Crippen molar-refractivity contribution in [3.8, 4) is 11.5 Å². The molecule has 1 N–H and O–H groups in total. The Morgan fingerprint density at radius 1 is 1.21 bits per heavy atom. The molecule has 0 aromatic heterocycles. The molecule has 160 valence electrons. The van der Waals surface area contributed by atoms with Crippen LogP contribution in [-0.4, -0.2) is 35.7 Å². The van der Waals surface area contributed by atoms with E-state index in [1.54, 1.807) is 6.92 Å². The van der Waals surface area contributed by atoms with Crippen LogP contribution in [-0.2, 0) is 20.8 Å². The summed E-state index contributed by atoms with van der Waals surface area (Å²) in [5, 5.41) is 12.1. The second kappa shape index (κ2) is 9.11. The molecule has 0 saturated heterocycles. The number of nitrogens with one attached hydrogen (secondary N) is 1. The highest BCUT2D eigenvalue weighted by atomic mass is 16.9. The summed E-state index contributed by atoms with van der Waals surface area (Å²) in [7, 11) is 0. The van der Waals surface area contributed by atoms with Gasteiger partial charge in [0.15, 0.2) is 5.60 Å². The van der Waals surface area contributed by atoms with Crippen molar-refractivity contribution < 1.29 is 29.0 Å². The van der Waals surface area contributed by atoms with Crippen molar-refractivity contribution >= 4 is 11.9 Å². The van der Waals surface area contributed by atoms with E-state index in [0.29, 0.717) is 43.7 Å². The van der Waals surface area contributed by atoms with E-state index in [2.05, 4.69) is 10.2 Å². The van der Waals surface area contributed by atoms with E-state index >= 15 is 0 Å². The second-order valence-electron chi connectivity index (χ2n) is 7.46. The highest BCUT2D eigenvalue weighted by Crippen LogP contribution is 2.43. The van der Waals surface area contributed by atoms with E-state index in [-0.39, 0.29) is 18.5 Å². The van der Waals surface area contributed by atoms with Crippen molar-refractivity contribution in [3.05, 3.63) is 32.4 Å². The quantitative estimate of drug-likeness (QED) is 0.231. The first-order chi connectivity index (χ1) is 13.6. The molecule has 0 aliphatic carbocycles. The molecule has 1 aromatic carbocycles. The topological polar surface area (TPSA) is 117 Å². The Kier molecular flexibility index (Phi) is 7.05. The van der Waals surface area contributed by atoms with Crippen molar-refractivity contribution in [2.75, 3.05) is 13.2 Å². The maximum atomic E-state index is 12.7. The first-order valence-electron chi connectivity index (χ1n) is 9.62. The molecular weight excluding hydrogens is 380 g/mol. The number of fused-ring (bicyclic) bond motifs is 1. The normalized spacial score (nSPS) is 17.7. The summed E-state index contributed by atoms with van der Waals surface area (Å²) in [6.45, 7) is 9.16. The molecule has 0 saturated carbocycles. The van der Waals surface area contributed by atoms with E-state index in [9.17, 15) is 19.7 Å². The third-order valence-electron chi connectivity index (χ3n) is 5.27. The Hall–Kier alpha value is -2.84. The molecule has 0 bridgehead atoms. The molecule has 0 radical (unpaired) electrons. The zero-order valence-electron chi connectivity index (χ0n) is 17.5. The van der Waals surface area contributed by atoms with Gasteiger partial charge in [0.1, 0.15) is 11.5 Å². The SMILES string of the molecule is CC(=O)Oc1c(C)c(C)c2c(c1C)CCC(C)(C(=O)NCCCCO[N+](=O)[O-])O2. The van der Waals surface area contributed by atoms with Crippen LogP contribution >= 0.6 is 0 Å². The number of hydrogen-bond acceptors (Lipinski definition) is 7. The maximum Gasteiger partial charge on any atom is 0.308 e. The lowest BCUT2D eigenvalue weighted by Crippen LogP contribution is -2.51. The first-order valence-corrected chi connectivity index (χ1v) is 9.62. The molecule has 9 heteroatoms. The van der Waals surface area contributed by atoms with E-state index in [4.69, 9.17) is 9.47 Å². The number of carbonyl (C=O) groups excluding carboxylic acids is 2. The van der Waals surface area contributed by atoms with Crippen molar-refractivity contribution in [3.63, 3.8) is 0 Å². The summed E-state index contributed by atoms with van der Waals surface area (Å²) in [6.07, 6.45) is 2.14. The van der Waals surface area contributed by atoms with Crippen LogP contribution in [0.1, 0.15) is 55.4 Å². The Bertz CT molecular complexity index is 822. The van der Waals surface area contributed by atoms with E-state index < -0.39 is 10.7 Å². The lowest BCUT2D eigenvalue weighted by atomic mass is 9.86. The number of benzene rings is 1. The number of ether oxygens (including phenoxy) is 2. The van der Waals surface area contributed by atoms with Crippen LogP contribution < -0.4 is 14.8 Å². The zero-order chi connectivity index (χ0) is 21.8. The summed E-state index contributed by atoms with van der Waals surface area (Å²) < 4.78 is 11.6. The van der Waals surface area contributed by atoms with Gasteiger partial charge in [0.2, 0.25) is 0 Å². The summed E-state index contributed by atoms with van der Waals surface area (Å²) in [5.74, 6) is 0.624. The maximum absolute atomic E-state index is 12.7. The predicted molar refractivity (Wildman–Crippen MR) is 105 cm³/mol. The van der Waals surface area contributed by atoms with Gasteiger partial charge < -0.3 is 19.6 Å². The fourth-order valence-electron chi connectivity index (χ4n) is 3.45. The first kappa shape index (κ1) is 22.4. The van der Waals surface area contributed by atoms with E-state index in [1.807, 2.05) is 20.8 Å². The van der Waals surface area contributed by atoms with Crippen molar-refractivity contribution in [2.45, 2.75) is 65.9 Å². The van der Waals surface area contributed by atoms with Crippen molar-refractivity contribution in [2.24, 2.45) is 0 Å². The van der Waals surface area contributed by atoms with Crippen molar-refractivity contribution in [1.29, 1.82) is 0 Å². The van der Waals surface area contributed by atoms with E-state index in [0.717, 1.165) is 22.3 Å². The van der Waals surface area contributed by atoms with Crippen LogP contribution in [0.3, 0.4) is 0 Å². The number of nitrogens with zero attached hydrogens (tertiary/aromatic N) is 1. The fraction of sp³-hybridized carbons (Fsp3) is 0.600. The van der Waals surface area contributed by atoms with Gasteiger partial charge in [-0.1, -0.05) is 0 Å². The molecule has 0 spiro atoms. The fourth-order valence-corrected chi connectivity index (χ4v) is 3.45. The minimum atomic E-state index is -1.02. The van der Waals surface area contributed by atoms with Crippen LogP contribution in [0.2, 0.25) is 0 Å². The van der Waals surface area contributed by atoms with Crippen LogP contribution in [0.25, 0.3) is 0 Å².